The van der Waals surface area contributed by atoms with Crippen LogP contribution in [0.15, 0.2) is 79.4 Å². The van der Waals surface area contributed by atoms with E-state index in [9.17, 15) is 0 Å². The second kappa shape index (κ2) is 10.2. The van der Waals surface area contributed by atoms with Crippen molar-refractivity contribution in [1.82, 2.24) is 9.55 Å². The first-order chi connectivity index (χ1) is 15.7. The van der Waals surface area contributed by atoms with Gasteiger partial charge >= 0.3 is 0 Å². The molecule has 0 saturated carbocycles. The molecule has 1 heterocycles. The molecule has 4 nitrogen and oxygen atoms in total. The topological polar surface area (TPSA) is 36.3 Å². The maximum atomic E-state index is 6.02. The summed E-state index contributed by atoms with van der Waals surface area (Å²) >= 11 is 0. The lowest BCUT2D eigenvalue weighted by atomic mass is 10.1. The third-order valence-electron chi connectivity index (χ3n) is 5.57. The van der Waals surface area contributed by atoms with Gasteiger partial charge in [-0.05, 0) is 62.1 Å². The van der Waals surface area contributed by atoms with Gasteiger partial charge in [-0.15, -0.1) is 6.58 Å². The van der Waals surface area contributed by atoms with Gasteiger partial charge in [-0.25, -0.2) is 4.98 Å². The van der Waals surface area contributed by atoms with Gasteiger partial charge in [0.2, 0.25) is 0 Å². The molecular weight excluding hydrogens is 396 g/mol. The molecular formula is C28H30N2O2. The Morgan fingerprint density at radius 3 is 2.66 bits per heavy atom. The molecule has 0 unspecified atom stereocenters. The fraction of sp³-hybridized carbons (Fsp3) is 0.250. The lowest BCUT2D eigenvalue weighted by Crippen LogP contribution is -2.05. The number of hydrogen-bond donors (Lipinski definition) is 0. The number of allylic oxidation sites excluding steroid dienone is 1. The number of ether oxygens (including phenoxy) is 2. The number of imidazole rings is 1. The summed E-state index contributed by atoms with van der Waals surface area (Å²) in [6.45, 7) is 7.45. The summed E-state index contributed by atoms with van der Waals surface area (Å²) in [5.74, 6) is 2.58. The number of unbranched alkanes of at least 4 members (excludes halogenated alkanes) is 1. The fourth-order valence-corrected chi connectivity index (χ4v) is 3.99. The third-order valence-corrected chi connectivity index (χ3v) is 5.57. The molecule has 32 heavy (non-hydrogen) atoms. The van der Waals surface area contributed by atoms with E-state index in [2.05, 4.69) is 66.6 Å². The SMILES string of the molecule is C=CCc1ccc(OCCCCn2c(-c3cccc(C)c3)nc3ccccc32)c(OC)c1. The molecule has 0 fully saturated rings. The second-order valence-corrected chi connectivity index (χ2v) is 7.98. The predicted molar refractivity (Wildman–Crippen MR) is 132 cm³/mol. The van der Waals surface area contributed by atoms with Gasteiger partial charge < -0.3 is 14.0 Å². The molecule has 3 aromatic carbocycles. The monoisotopic (exact) mass is 426 g/mol. The van der Waals surface area contributed by atoms with Gasteiger partial charge in [0.25, 0.3) is 0 Å². The number of nitrogens with zero attached hydrogens (tertiary/aromatic N) is 2. The molecule has 4 rings (SSSR count). The first-order valence-corrected chi connectivity index (χ1v) is 11.1. The summed E-state index contributed by atoms with van der Waals surface area (Å²) in [6, 6.07) is 22.9. The second-order valence-electron chi connectivity index (χ2n) is 7.98. The fourth-order valence-electron chi connectivity index (χ4n) is 3.99. The molecule has 0 radical (unpaired) electrons. The summed E-state index contributed by atoms with van der Waals surface area (Å²) < 4.78 is 13.9. The molecule has 1 aromatic heterocycles. The summed E-state index contributed by atoms with van der Waals surface area (Å²) in [7, 11) is 1.68. The van der Waals surface area contributed by atoms with E-state index in [4.69, 9.17) is 14.5 Å². The first kappa shape index (κ1) is 21.7. The molecule has 0 atom stereocenters. The summed E-state index contributed by atoms with van der Waals surface area (Å²) in [4.78, 5) is 4.92. The highest BCUT2D eigenvalue weighted by molar-refractivity contribution is 5.80. The van der Waals surface area contributed by atoms with Crippen LogP contribution in [0.25, 0.3) is 22.4 Å². The maximum Gasteiger partial charge on any atom is 0.161 e. The molecule has 4 heteroatoms. The van der Waals surface area contributed by atoms with Crippen molar-refractivity contribution in [2.75, 3.05) is 13.7 Å². The minimum atomic E-state index is 0.642. The van der Waals surface area contributed by atoms with Crippen LogP contribution < -0.4 is 9.47 Å². The van der Waals surface area contributed by atoms with Crippen LogP contribution >= 0.6 is 0 Å². The first-order valence-electron chi connectivity index (χ1n) is 11.1. The number of fused-ring (bicyclic) bond motifs is 1. The quantitative estimate of drug-likeness (QED) is 0.211. The van der Waals surface area contributed by atoms with Crippen molar-refractivity contribution in [3.05, 3.63) is 90.5 Å². The normalized spacial score (nSPS) is 10.9. The van der Waals surface area contributed by atoms with Gasteiger partial charge in [-0.3, -0.25) is 0 Å². The highest BCUT2D eigenvalue weighted by Gasteiger charge is 2.12. The van der Waals surface area contributed by atoms with Gasteiger partial charge in [-0.2, -0.15) is 0 Å². The van der Waals surface area contributed by atoms with E-state index in [0.717, 1.165) is 54.2 Å². The van der Waals surface area contributed by atoms with Crippen LogP contribution in [-0.2, 0) is 13.0 Å². The van der Waals surface area contributed by atoms with E-state index >= 15 is 0 Å². The van der Waals surface area contributed by atoms with Gasteiger partial charge in [-0.1, -0.05) is 48.0 Å². The van der Waals surface area contributed by atoms with E-state index in [-0.39, 0.29) is 0 Å². The third kappa shape index (κ3) is 4.86. The van der Waals surface area contributed by atoms with Crippen LogP contribution in [0.4, 0.5) is 0 Å². The maximum absolute atomic E-state index is 6.02. The molecule has 0 aliphatic rings. The molecule has 0 N–H and O–H groups in total. The largest absolute Gasteiger partial charge is 0.493 e. The summed E-state index contributed by atoms with van der Waals surface area (Å²) in [5, 5.41) is 0. The molecule has 0 aliphatic carbocycles. The van der Waals surface area contributed by atoms with Gasteiger partial charge in [0.05, 0.1) is 24.8 Å². The average molecular weight is 427 g/mol. The molecule has 0 aliphatic heterocycles. The van der Waals surface area contributed by atoms with Crippen molar-refractivity contribution in [3.63, 3.8) is 0 Å². The lowest BCUT2D eigenvalue weighted by molar-refractivity contribution is 0.284. The van der Waals surface area contributed by atoms with Crippen LogP contribution in [0.1, 0.15) is 24.0 Å². The van der Waals surface area contributed by atoms with Gasteiger partial charge in [0, 0.05) is 12.1 Å². The highest BCUT2D eigenvalue weighted by Crippen LogP contribution is 2.29. The molecule has 4 aromatic rings. The zero-order chi connectivity index (χ0) is 22.3. The Hall–Kier alpha value is -3.53. The number of hydrogen-bond acceptors (Lipinski definition) is 3. The smallest absolute Gasteiger partial charge is 0.161 e. The molecule has 0 saturated heterocycles. The van der Waals surface area contributed by atoms with E-state index in [1.165, 1.54) is 16.6 Å². The Morgan fingerprint density at radius 2 is 1.84 bits per heavy atom. The zero-order valence-electron chi connectivity index (χ0n) is 18.9. The minimum absolute atomic E-state index is 0.642. The lowest BCUT2D eigenvalue weighted by Gasteiger charge is -2.13. The van der Waals surface area contributed by atoms with Crippen molar-refractivity contribution in [2.24, 2.45) is 0 Å². The van der Waals surface area contributed by atoms with E-state index in [1.54, 1.807) is 7.11 Å². The number of benzene rings is 3. The zero-order valence-corrected chi connectivity index (χ0v) is 18.9. The number of aryl methyl sites for hydroxylation is 2. The average Bonchev–Trinajstić information content (AvgIpc) is 3.18. The Kier molecular flexibility index (Phi) is 6.90. The number of methoxy groups -OCH3 is 1. The molecule has 0 amide bonds. The van der Waals surface area contributed by atoms with Crippen molar-refractivity contribution in [3.8, 4) is 22.9 Å². The van der Waals surface area contributed by atoms with Crippen LogP contribution in [0.5, 0.6) is 11.5 Å². The number of para-hydroxylation sites is 2. The standard InChI is InChI=1S/C28H30N2O2/c1-4-10-22-15-16-26(27(20-22)31-3)32-18-8-7-17-30-25-14-6-5-13-24(25)29-28(30)23-12-9-11-21(2)19-23/h4-6,9,11-16,19-20H,1,7-8,10,17-18H2,2-3H3. The Morgan fingerprint density at radius 1 is 0.969 bits per heavy atom. The summed E-state index contributed by atoms with van der Waals surface area (Å²) in [5.41, 5.74) is 5.76. The van der Waals surface area contributed by atoms with Crippen LogP contribution in [0.3, 0.4) is 0 Å². The highest BCUT2D eigenvalue weighted by atomic mass is 16.5. The predicted octanol–water partition coefficient (Wildman–Crippen LogP) is 6.61. The Balaban J connectivity index is 1.43. The molecule has 164 valence electrons. The van der Waals surface area contributed by atoms with Crippen molar-refractivity contribution < 1.29 is 9.47 Å². The summed E-state index contributed by atoms with van der Waals surface area (Å²) in [6.07, 6.45) is 4.65. The van der Waals surface area contributed by atoms with Gasteiger partial charge in [0.15, 0.2) is 11.5 Å². The van der Waals surface area contributed by atoms with E-state index < -0.39 is 0 Å². The molecule has 0 bridgehead atoms. The van der Waals surface area contributed by atoms with Crippen LogP contribution in [0.2, 0.25) is 0 Å². The van der Waals surface area contributed by atoms with E-state index in [0.29, 0.717) is 6.61 Å². The Bertz CT molecular complexity index is 1210. The minimum Gasteiger partial charge on any atom is -0.493 e. The van der Waals surface area contributed by atoms with Crippen molar-refractivity contribution in [2.45, 2.75) is 32.7 Å². The van der Waals surface area contributed by atoms with Crippen LogP contribution in [-0.4, -0.2) is 23.3 Å². The van der Waals surface area contributed by atoms with Crippen molar-refractivity contribution >= 4 is 11.0 Å². The number of aromatic nitrogens is 2. The van der Waals surface area contributed by atoms with Gasteiger partial charge in [0.1, 0.15) is 5.82 Å². The molecule has 0 spiro atoms. The van der Waals surface area contributed by atoms with E-state index in [1.807, 2.05) is 24.3 Å². The van der Waals surface area contributed by atoms with Crippen LogP contribution in [0, 0.1) is 6.92 Å². The van der Waals surface area contributed by atoms with Crippen molar-refractivity contribution in [1.29, 1.82) is 0 Å². The number of rotatable bonds is 10. The Labute approximate surface area is 190 Å².